The topological polar surface area (TPSA) is 84.6 Å². The molecule has 0 aliphatic rings. The first-order chi connectivity index (χ1) is 14.9. The molecule has 31 heavy (non-hydrogen) atoms. The van der Waals surface area contributed by atoms with Crippen molar-refractivity contribution >= 4 is 11.7 Å². The van der Waals surface area contributed by atoms with E-state index in [-0.39, 0.29) is 31.4 Å². The predicted molar refractivity (Wildman–Crippen MR) is 121 cm³/mol. The van der Waals surface area contributed by atoms with Gasteiger partial charge in [-0.1, -0.05) is 36.4 Å². The monoisotopic (exact) mass is 422 g/mol. The first kappa shape index (κ1) is 22.3. The van der Waals surface area contributed by atoms with E-state index in [9.17, 15) is 9.18 Å². The molecule has 3 aromatic rings. The van der Waals surface area contributed by atoms with E-state index in [1.54, 1.807) is 42.5 Å². The zero-order valence-corrected chi connectivity index (χ0v) is 17.7. The van der Waals surface area contributed by atoms with Crippen LogP contribution in [0.1, 0.15) is 30.5 Å². The van der Waals surface area contributed by atoms with Gasteiger partial charge in [0, 0.05) is 35.0 Å². The van der Waals surface area contributed by atoms with E-state index in [4.69, 9.17) is 15.6 Å². The summed E-state index contributed by atoms with van der Waals surface area (Å²) in [6.07, 6.45) is -0.118. The Morgan fingerprint density at radius 3 is 2.55 bits per heavy atom. The Morgan fingerprint density at radius 1 is 1.10 bits per heavy atom. The Bertz CT molecular complexity index is 1070. The predicted octanol–water partition coefficient (Wildman–Crippen LogP) is 4.98. The van der Waals surface area contributed by atoms with Crippen LogP contribution in [-0.2, 0) is 24.4 Å². The number of aliphatic carboxylic acids is 1. The zero-order valence-electron chi connectivity index (χ0n) is 17.7. The number of rotatable bonds is 9. The molecule has 0 heterocycles. The lowest BCUT2D eigenvalue weighted by Crippen LogP contribution is -2.10. The van der Waals surface area contributed by atoms with Crippen molar-refractivity contribution in [2.75, 3.05) is 5.32 Å². The Hall–Kier alpha value is -3.38. The normalized spacial score (nSPS) is 10.9. The van der Waals surface area contributed by atoms with Gasteiger partial charge in [0.2, 0.25) is 0 Å². The summed E-state index contributed by atoms with van der Waals surface area (Å²) in [5.74, 6) is -0.730. The van der Waals surface area contributed by atoms with E-state index in [0.29, 0.717) is 22.4 Å². The van der Waals surface area contributed by atoms with Crippen LogP contribution in [0.4, 0.5) is 10.1 Å². The van der Waals surface area contributed by atoms with Crippen molar-refractivity contribution in [3.05, 3.63) is 83.2 Å². The van der Waals surface area contributed by atoms with Crippen molar-refractivity contribution in [3.63, 3.8) is 0 Å². The van der Waals surface area contributed by atoms with Crippen molar-refractivity contribution in [3.8, 4) is 16.9 Å². The molecule has 3 rings (SSSR count). The molecular weight excluding hydrogens is 395 g/mol. The number of carboxylic acids is 1. The summed E-state index contributed by atoms with van der Waals surface area (Å²) in [4.78, 5) is 11.1. The van der Waals surface area contributed by atoms with Gasteiger partial charge in [-0.3, -0.25) is 4.79 Å². The fourth-order valence-electron chi connectivity index (χ4n) is 3.42. The third-order valence-corrected chi connectivity index (χ3v) is 4.77. The molecule has 0 aliphatic carbocycles. The molecule has 0 fully saturated rings. The first-order valence-electron chi connectivity index (χ1n) is 10.2. The first-order valence-corrected chi connectivity index (χ1v) is 10.2. The van der Waals surface area contributed by atoms with Gasteiger partial charge in [0.15, 0.2) is 0 Å². The Morgan fingerprint density at radius 2 is 1.84 bits per heavy atom. The highest BCUT2D eigenvalue weighted by Gasteiger charge is 2.13. The van der Waals surface area contributed by atoms with Crippen LogP contribution in [0.25, 0.3) is 11.1 Å². The van der Waals surface area contributed by atoms with Gasteiger partial charge < -0.3 is 20.9 Å². The van der Waals surface area contributed by atoms with E-state index >= 15 is 0 Å². The SMILES string of the molecule is CC(C)Nc1cc(COc2ccccc2CC(=O)O)cc(-c2cccc(CN)c2F)c1. The third-order valence-electron chi connectivity index (χ3n) is 4.77. The van der Waals surface area contributed by atoms with E-state index in [1.165, 1.54) is 0 Å². The number of hydrogen-bond donors (Lipinski definition) is 3. The number of halogens is 1. The van der Waals surface area contributed by atoms with E-state index in [0.717, 1.165) is 16.8 Å². The van der Waals surface area contributed by atoms with E-state index in [1.807, 2.05) is 32.0 Å². The highest BCUT2D eigenvalue weighted by Crippen LogP contribution is 2.30. The molecule has 4 N–H and O–H groups in total. The fourth-order valence-corrected chi connectivity index (χ4v) is 3.42. The summed E-state index contributed by atoms with van der Waals surface area (Å²) < 4.78 is 20.9. The van der Waals surface area contributed by atoms with Gasteiger partial charge in [0.05, 0.1) is 6.42 Å². The minimum atomic E-state index is -0.920. The molecule has 162 valence electrons. The van der Waals surface area contributed by atoms with E-state index < -0.39 is 5.97 Å². The van der Waals surface area contributed by atoms with Crippen LogP contribution in [0.15, 0.2) is 60.7 Å². The average Bonchev–Trinajstić information content (AvgIpc) is 2.72. The number of nitrogens with two attached hydrogens (primary N) is 1. The number of nitrogens with one attached hydrogen (secondary N) is 1. The number of carbonyl (C=O) groups is 1. The standard InChI is InChI=1S/C25H27FN2O3/c1-16(2)28-21-11-17(15-31-23-9-4-3-6-18(23)13-24(29)30)10-20(12-21)22-8-5-7-19(14-27)25(22)26/h3-12,16,28H,13-15,27H2,1-2H3,(H,29,30). The molecule has 0 radical (unpaired) electrons. The van der Waals surface area contributed by atoms with Crippen LogP contribution >= 0.6 is 0 Å². The minimum Gasteiger partial charge on any atom is -0.489 e. The maximum atomic E-state index is 14.9. The molecule has 5 nitrogen and oxygen atoms in total. The quantitative estimate of drug-likeness (QED) is 0.453. The maximum absolute atomic E-state index is 14.9. The molecule has 0 spiro atoms. The molecule has 3 aromatic carbocycles. The number of carboxylic acid groups (broad SMARTS) is 1. The van der Waals surface area contributed by atoms with Crippen LogP contribution in [0.5, 0.6) is 5.75 Å². The second kappa shape index (κ2) is 10.1. The molecule has 0 atom stereocenters. The van der Waals surface area contributed by atoms with Gasteiger partial charge in [-0.05, 0) is 49.2 Å². The molecule has 0 saturated carbocycles. The lowest BCUT2D eigenvalue weighted by molar-refractivity contribution is -0.136. The van der Waals surface area contributed by atoms with Crippen molar-refractivity contribution in [1.29, 1.82) is 0 Å². The number of ether oxygens (including phenoxy) is 1. The van der Waals surface area contributed by atoms with Gasteiger partial charge >= 0.3 is 5.97 Å². The molecule has 0 bridgehead atoms. The van der Waals surface area contributed by atoms with Crippen molar-refractivity contribution in [1.82, 2.24) is 0 Å². The number of hydrogen-bond acceptors (Lipinski definition) is 4. The highest BCUT2D eigenvalue weighted by molar-refractivity contribution is 5.72. The van der Waals surface area contributed by atoms with Crippen LogP contribution in [0.2, 0.25) is 0 Å². The summed E-state index contributed by atoms with van der Waals surface area (Å²) >= 11 is 0. The van der Waals surface area contributed by atoms with Gasteiger partial charge in [0.1, 0.15) is 18.2 Å². The molecule has 0 amide bonds. The fraction of sp³-hybridized carbons (Fsp3) is 0.240. The van der Waals surface area contributed by atoms with Crippen LogP contribution in [0, 0.1) is 5.82 Å². The Balaban J connectivity index is 1.94. The van der Waals surface area contributed by atoms with Gasteiger partial charge in [-0.15, -0.1) is 0 Å². The summed E-state index contributed by atoms with van der Waals surface area (Å²) in [5.41, 5.74) is 9.61. The van der Waals surface area contributed by atoms with Crippen LogP contribution in [0.3, 0.4) is 0 Å². The summed E-state index contributed by atoms with van der Waals surface area (Å²) in [6.45, 7) is 4.40. The van der Waals surface area contributed by atoms with Crippen LogP contribution in [-0.4, -0.2) is 17.1 Å². The average molecular weight is 423 g/mol. The van der Waals surface area contributed by atoms with Crippen molar-refractivity contribution in [2.45, 2.75) is 39.5 Å². The van der Waals surface area contributed by atoms with Gasteiger partial charge in [-0.2, -0.15) is 0 Å². The number of anilines is 1. The number of benzene rings is 3. The maximum Gasteiger partial charge on any atom is 0.307 e. The lowest BCUT2D eigenvalue weighted by atomic mass is 9.99. The van der Waals surface area contributed by atoms with Gasteiger partial charge in [0.25, 0.3) is 0 Å². The smallest absolute Gasteiger partial charge is 0.307 e. The second-order valence-electron chi connectivity index (χ2n) is 7.67. The minimum absolute atomic E-state index is 0.118. The zero-order chi connectivity index (χ0) is 22.4. The highest BCUT2D eigenvalue weighted by atomic mass is 19.1. The van der Waals surface area contributed by atoms with Gasteiger partial charge in [-0.25, -0.2) is 4.39 Å². The Kier molecular flexibility index (Phi) is 7.26. The Labute approximate surface area is 181 Å². The van der Waals surface area contributed by atoms with Crippen molar-refractivity contribution < 1.29 is 19.0 Å². The van der Waals surface area contributed by atoms with Crippen LogP contribution < -0.4 is 15.8 Å². The second-order valence-corrected chi connectivity index (χ2v) is 7.67. The molecule has 0 unspecified atom stereocenters. The molecule has 0 aliphatic heterocycles. The lowest BCUT2D eigenvalue weighted by Gasteiger charge is -2.16. The van der Waals surface area contributed by atoms with E-state index in [2.05, 4.69) is 5.32 Å². The molecule has 0 saturated heterocycles. The molecule has 6 heteroatoms. The molecular formula is C25H27FN2O3. The summed E-state index contributed by atoms with van der Waals surface area (Å²) in [7, 11) is 0. The largest absolute Gasteiger partial charge is 0.489 e. The number of para-hydroxylation sites is 1. The summed E-state index contributed by atoms with van der Waals surface area (Å²) in [5, 5.41) is 12.5. The van der Waals surface area contributed by atoms with Crippen molar-refractivity contribution in [2.24, 2.45) is 5.73 Å². The molecule has 0 aromatic heterocycles. The third kappa shape index (κ3) is 5.83. The summed E-state index contributed by atoms with van der Waals surface area (Å²) in [6, 6.07) is 18.2.